The lowest BCUT2D eigenvalue weighted by Crippen LogP contribution is -2.29. The molecule has 2 aromatic rings. The number of thiophene rings is 1. The van der Waals surface area contributed by atoms with Crippen molar-refractivity contribution in [1.29, 1.82) is 0 Å². The van der Waals surface area contributed by atoms with Crippen LogP contribution >= 0.6 is 11.3 Å². The van der Waals surface area contributed by atoms with Gasteiger partial charge in [-0.25, -0.2) is 9.97 Å². The molecule has 0 saturated carbocycles. The van der Waals surface area contributed by atoms with Crippen LogP contribution < -0.4 is 10.1 Å². The van der Waals surface area contributed by atoms with Crippen molar-refractivity contribution >= 4 is 27.5 Å². The number of fused-ring (bicyclic) bond motifs is 3. The lowest BCUT2D eigenvalue weighted by Gasteiger charge is -2.07. The Labute approximate surface area is 133 Å². The second-order valence-electron chi connectivity index (χ2n) is 5.30. The molecule has 5 nitrogen and oxygen atoms in total. The molecular weight excluding hydrogens is 298 g/mol. The Bertz CT molecular complexity index is 696. The van der Waals surface area contributed by atoms with E-state index in [2.05, 4.69) is 21.9 Å². The zero-order chi connectivity index (χ0) is 15.4. The zero-order valence-corrected chi connectivity index (χ0v) is 13.2. The van der Waals surface area contributed by atoms with Gasteiger partial charge in [-0.15, -0.1) is 17.9 Å². The van der Waals surface area contributed by atoms with Crippen LogP contribution in [0, 0.1) is 0 Å². The van der Waals surface area contributed by atoms with Gasteiger partial charge in [-0.05, 0) is 31.2 Å². The van der Waals surface area contributed by atoms with Crippen molar-refractivity contribution in [2.75, 3.05) is 13.2 Å². The van der Waals surface area contributed by atoms with Crippen LogP contribution in [0.3, 0.4) is 0 Å². The zero-order valence-electron chi connectivity index (χ0n) is 12.4. The molecular formula is C16H19N3O2S. The largest absolute Gasteiger partial charge is 0.467 e. The average molecular weight is 317 g/mol. The van der Waals surface area contributed by atoms with Crippen LogP contribution in [0.4, 0.5) is 0 Å². The summed E-state index contributed by atoms with van der Waals surface area (Å²) in [5.41, 5.74) is 1.32. The smallest absolute Gasteiger partial charge is 0.258 e. The quantitative estimate of drug-likeness (QED) is 0.680. The molecule has 1 aliphatic carbocycles. The highest BCUT2D eigenvalue weighted by Crippen LogP contribution is 2.38. The fraction of sp³-hybridized carbons (Fsp3) is 0.438. The molecule has 1 amide bonds. The van der Waals surface area contributed by atoms with Gasteiger partial charge in [0.25, 0.3) is 5.91 Å². The number of hydrogen-bond acceptors (Lipinski definition) is 5. The molecule has 2 aromatic heterocycles. The Balaban J connectivity index is 1.84. The third-order valence-corrected chi connectivity index (χ3v) is 4.95. The fourth-order valence-corrected chi connectivity index (χ4v) is 3.94. The molecule has 2 heterocycles. The van der Waals surface area contributed by atoms with Crippen LogP contribution in [0.5, 0.6) is 5.88 Å². The van der Waals surface area contributed by atoms with E-state index in [-0.39, 0.29) is 12.5 Å². The van der Waals surface area contributed by atoms with Crippen molar-refractivity contribution in [3.63, 3.8) is 0 Å². The molecule has 1 aliphatic rings. The van der Waals surface area contributed by atoms with Gasteiger partial charge in [-0.1, -0.05) is 12.5 Å². The van der Waals surface area contributed by atoms with Crippen LogP contribution in [-0.2, 0) is 17.6 Å². The van der Waals surface area contributed by atoms with Gasteiger partial charge in [-0.3, -0.25) is 4.79 Å². The predicted octanol–water partition coefficient (Wildman–Crippen LogP) is 2.64. The van der Waals surface area contributed by atoms with Crippen molar-refractivity contribution in [1.82, 2.24) is 15.3 Å². The highest BCUT2D eigenvalue weighted by atomic mass is 32.1. The first-order valence-electron chi connectivity index (χ1n) is 7.55. The van der Waals surface area contributed by atoms with Crippen molar-refractivity contribution in [2.24, 2.45) is 0 Å². The average Bonchev–Trinajstić information content (AvgIpc) is 2.73. The Morgan fingerprint density at radius 1 is 1.36 bits per heavy atom. The third kappa shape index (κ3) is 3.11. The molecule has 6 heteroatoms. The molecule has 3 rings (SSSR count). The number of nitrogens with zero attached hydrogens (tertiary/aromatic N) is 2. The SMILES string of the molecule is C=CCNC(=O)COc1ncnc2sc3c(c12)CCCCC3. The van der Waals surface area contributed by atoms with Crippen LogP contribution in [0.2, 0.25) is 0 Å². The number of carbonyl (C=O) groups excluding carboxylic acids is 1. The van der Waals surface area contributed by atoms with E-state index in [0.717, 1.165) is 23.1 Å². The monoisotopic (exact) mass is 317 g/mol. The predicted molar refractivity (Wildman–Crippen MR) is 87.4 cm³/mol. The maximum Gasteiger partial charge on any atom is 0.258 e. The Morgan fingerprint density at radius 2 is 2.23 bits per heavy atom. The number of carbonyl (C=O) groups is 1. The van der Waals surface area contributed by atoms with E-state index in [0.29, 0.717) is 12.4 Å². The fourth-order valence-electron chi connectivity index (χ4n) is 2.72. The van der Waals surface area contributed by atoms with Gasteiger partial charge in [0.05, 0.1) is 5.39 Å². The van der Waals surface area contributed by atoms with Crippen LogP contribution in [-0.4, -0.2) is 29.0 Å². The summed E-state index contributed by atoms with van der Waals surface area (Å²) in [5, 5.41) is 3.69. The first-order valence-corrected chi connectivity index (χ1v) is 8.37. The Kier molecular flexibility index (Phi) is 4.68. The number of hydrogen-bond donors (Lipinski definition) is 1. The number of aromatic nitrogens is 2. The van der Waals surface area contributed by atoms with E-state index in [1.165, 1.54) is 36.0 Å². The minimum atomic E-state index is -0.173. The van der Waals surface area contributed by atoms with E-state index in [4.69, 9.17) is 4.74 Å². The molecule has 0 saturated heterocycles. The molecule has 0 bridgehead atoms. The van der Waals surface area contributed by atoms with E-state index in [1.807, 2.05) is 0 Å². The maximum atomic E-state index is 11.7. The Hall–Kier alpha value is -1.95. The van der Waals surface area contributed by atoms with Gasteiger partial charge < -0.3 is 10.1 Å². The molecule has 1 N–H and O–H groups in total. The minimum Gasteiger partial charge on any atom is -0.467 e. The third-order valence-electron chi connectivity index (χ3n) is 3.75. The number of ether oxygens (including phenoxy) is 1. The molecule has 0 radical (unpaired) electrons. The van der Waals surface area contributed by atoms with E-state index < -0.39 is 0 Å². The second kappa shape index (κ2) is 6.87. The summed E-state index contributed by atoms with van der Waals surface area (Å²) in [6, 6.07) is 0. The van der Waals surface area contributed by atoms with Gasteiger partial charge >= 0.3 is 0 Å². The summed E-state index contributed by atoms with van der Waals surface area (Å²) in [5.74, 6) is 0.353. The van der Waals surface area contributed by atoms with Gasteiger partial charge in [0.15, 0.2) is 6.61 Å². The summed E-state index contributed by atoms with van der Waals surface area (Å²) in [7, 11) is 0. The molecule has 22 heavy (non-hydrogen) atoms. The second-order valence-corrected chi connectivity index (χ2v) is 6.39. The first-order chi connectivity index (χ1) is 10.8. The summed E-state index contributed by atoms with van der Waals surface area (Å²) in [4.78, 5) is 22.6. The highest BCUT2D eigenvalue weighted by molar-refractivity contribution is 7.18. The Morgan fingerprint density at radius 3 is 3.09 bits per heavy atom. The number of aryl methyl sites for hydroxylation is 2. The maximum absolute atomic E-state index is 11.7. The summed E-state index contributed by atoms with van der Waals surface area (Å²) >= 11 is 1.73. The molecule has 0 aromatic carbocycles. The number of amides is 1. The van der Waals surface area contributed by atoms with Crippen LogP contribution in [0.15, 0.2) is 19.0 Å². The molecule has 0 spiro atoms. The van der Waals surface area contributed by atoms with Crippen molar-refractivity contribution < 1.29 is 9.53 Å². The van der Waals surface area contributed by atoms with Gasteiger partial charge in [0.1, 0.15) is 11.2 Å². The van der Waals surface area contributed by atoms with Crippen LogP contribution in [0.1, 0.15) is 29.7 Å². The molecule has 0 atom stereocenters. The van der Waals surface area contributed by atoms with E-state index in [9.17, 15) is 4.79 Å². The lowest BCUT2D eigenvalue weighted by molar-refractivity contribution is -0.122. The molecule has 0 unspecified atom stereocenters. The number of rotatable bonds is 5. The van der Waals surface area contributed by atoms with Crippen LogP contribution in [0.25, 0.3) is 10.2 Å². The van der Waals surface area contributed by atoms with Crippen molar-refractivity contribution in [3.05, 3.63) is 29.4 Å². The molecule has 0 fully saturated rings. The normalized spacial score (nSPS) is 14.2. The highest BCUT2D eigenvalue weighted by Gasteiger charge is 2.20. The van der Waals surface area contributed by atoms with Crippen molar-refractivity contribution in [3.8, 4) is 5.88 Å². The minimum absolute atomic E-state index is 0.0371. The van der Waals surface area contributed by atoms with E-state index in [1.54, 1.807) is 17.4 Å². The molecule has 116 valence electrons. The topological polar surface area (TPSA) is 64.1 Å². The molecule has 0 aliphatic heterocycles. The summed E-state index contributed by atoms with van der Waals surface area (Å²) in [6.07, 6.45) is 8.98. The van der Waals surface area contributed by atoms with Gasteiger partial charge in [0.2, 0.25) is 5.88 Å². The first kappa shape index (κ1) is 15.0. The lowest BCUT2D eigenvalue weighted by atomic mass is 10.1. The van der Waals surface area contributed by atoms with E-state index >= 15 is 0 Å². The standard InChI is InChI=1S/C16H19N3O2S/c1-2-8-17-13(20)9-21-15-14-11-6-4-3-5-7-12(11)22-16(14)19-10-18-15/h2,10H,1,3-9H2,(H,17,20). The number of nitrogens with one attached hydrogen (secondary N) is 1. The summed E-state index contributed by atoms with van der Waals surface area (Å²) in [6.45, 7) is 3.97. The van der Waals surface area contributed by atoms with Gasteiger partial charge in [-0.2, -0.15) is 0 Å². The summed E-state index contributed by atoms with van der Waals surface area (Å²) < 4.78 is 5.65. The van der Waals surface area contributed by atoms with Crippen molar-refractivity contribution in [2.45, 2.75) is 32.1 Å². The van der Waals surface area contributed by atoms with Gasteiger partial charge in [0, 0.05) is 11.4 Å².